The molecule has 0 aliphatic carbocycles. The van der Waals surface area contributed by atoms with Crippen molar-refractivity contribution in [1.82, 2.24) is 14.8 Å². The number of hydrogen-bond donors (Lipinski definition) is 0. The summed E-state index contributed by atoms with van der Waals surface area (Å²) in [6, 6.07) is 5.11. The van der Waals surface area contributed by atoms with E-state index in [0.717, 1.165) is 11.1 Å². The molecule has 0 spiro atoms. The van der Waals surface area contributed by atoms with E-state index in [1.54, 1.807) is 37.3 Å². The van der Waals surface area contributed by atoms with Gasteiger partial charge in [0.2, 0.25) is 0 Å². The number of urea groups is 1. The van der Waals surface area contributed by atoms with E-state index in [-0.39, 0.29) is 16.6 Å². The molecular weight excluding hydrogens is 310 g/mol. The minimum absolute atomic E-state index is 0.00686. The van der Waals surface area contributed by atoms with Gasteiger partial charge in [-0.1, -0.05) is 0 Å². The van der Waals surface area contributed by atoms with Crippen LogP contribution in [-0.4, -0.2) is 66.0 Å². The highest BCUT2D eigenvalue weighted by molar-refractivity contribution is 5.99. The zero-order valence-electron chi connectivity index (χ0n) is 13.7. The highest BCUT2D eigenvalue weighted by Gasteiger charge is 2.24. The molecule has 3 rings (SSSR count). The van der Waals surface area contributed by atoms with E-state index in [2.05, 4.69) is 9.88 Å². The lowest BCUT2D eigenvalue weighted by atomic mass is 10.1. The number of nitro groups is 1. The summed E-state index contributed by atoms with van der Waals surface area (Å²) < 4.78 is 0. The molecule has 1 aromatic carbocycles. The van der Waals surface area contributed by atoms with Crippen LogP contribution in [0.4, 0.5) is 16.2 Å². The molecule has 8 heteroatoms. The Morgan fingerprint density at radius 2 is 1.88 bits per heavy atom. The third-order valence-corrected chi connectivity index (χ3v) is 4.24. The Kier molecular flexibility index (Phi) is 4.20. The van der Waals surface area contributed by atoms with Gasteiger partial charge in [-0.3, -0.25) is 15.1 Å². The summed E-state index contributed by atoms with van der Waals surface area (Å²) in [5.41, 5.74) is 0.998. The Balaban J connectivity index is 1.88. The van der Waals surface area contributed by atoms with E-state index in [1.165, 1.54) is 12.3 Å². The predicted molar refractivity (Wildman–Crippen MR) is 91.3 cm³/mol. The van der Waals surface area contributed by atoms with Gasteiger partial charge >= 0.3 is 6.03 Å². The van der Waals surface area contributed by atoms with Crippen molar-refractivity contribution in [3.05, 3.63) is 40.7 Å². The molecule has 24 heavy (non-hydrogen) atoms. The Morgan fingerprint density at radius 3 is 2.50 bits per heavy atom. The Morgan fingerprint density at radius 1 is 1.17 bits per heavy atom. The molecule has 1 aromatic heterocycles. The molecule has 0 saturated carbocycles. The van der Waals surface area contributed by atoms with E-state index in [4.69, 9.17) is 0 Å². The summed E-state index contributed by atoms with van der Waals surface area (Å²) in [6.07, 6.45) is 3.17. The number of nitro benzene ring substituents is 1. The monoisotopic (exact) mass is 329 g/mol. The normalized spacial score (nSPS) is 14.8. The van der Waals surface area contributed by atoms with Crippen molar-refractivity contribution in [3.8, 4) is 0 Å². The van der Waals surface area contributed by atoms with Crippen molar-refractivity contribution in [2.24, 2.45) is 0 Å². The van der Waals surface area contributed by atoms with Crippen LogP contribution in [0.2, 0.25) is 0 Å². The first-order valence-corrected chi connectivity index (χ1v) is 7.71. The Hall–Kier alpha value is -2.90. The van der Waals surface area contributed by atoms with E-state index >= 15 is 0 Å². The van der Waals surface area contributed by atoms with Crippen molar-refractivity contribution in [2.45, 2.75) is 0 Å². The molecule has 0 unspecified atom stereocenters. The van der Waals surface area contributed by atoms with Crippen LogP contribution in [-0.2, 0) is 0 Å². The molecule has 0 radical (unpaired) electrons. The number of rotatable bonds is 2. The fourth-order valence-corrected chi connectivity index (χ4v) is 3.02. The van der Waals surface area contributed by atoms with Gasteiger partial charge in [-0.25, -0.2) is 4.79 Å². The van der Waals surface area contributed by atoms with Crippen molar-refractivity contribution < 1.29 is 9.72 Å². The van der Waals surface area contributed by atoms with Crippen LogP contribution >= 0.6 is 0 Å². The molecule has 2 heterocycles. The number of hydrogen-bond acceptors (Lipinski definition) is 5. The predicted octanol–water partition coefficient (Wildman–Crippen LogP) is 1.95. The lowest BCUT2D eigenvalue weighted by Gasteiger charge is -2.37. The molecule has 0 bridgehead atoms. The second-order valence-electron chi connectivity index (χ2n) is 5.93. The second-order valence-corrected chi connectivity index (χ2v) is 5.93. The van der Waals surface area contributed by atoms with Crippen LogP contribution in [0.3, 0.4) is 0 Å². The van der Waals surface area contributed by atoms with Crippen molar-refractivity contribution in [2.75, 3.05) is 45.2 Å². The maximum atomic E-state index is 12.0. The average molecular weight is 329 g/mol. The van der Waals surface area contributed by atoms with Gasteiger partial charge in [0.15, 0.2) is 0 Å². The van der Waals surface area contributed by atoms with Gasteiger partial charge in [0, 0.05) is 69.8 Å². The van der Waals surface area contributed by atoms with Gasteiger partial charge in [-0.15, -0.1) is 0 Å². The summed E-state index contributed by atoms with van der Waals surface area (Å²) in [7, 11) is 3.48. The first kappa shape index (κ1) is 16.0. The van der Waals surface area contributed by atoms with E-state index < -0.39 is 0 Å². The largest absolute Gasteiger partial charge is 0.367 e. The summed E-state index contributed by atoms with van der Waals surface area (Å²) in [4.78, 5) is 32.4. The third kappa shape index (κ3) is 2.82. The molecule has 0 atom stereocenters. The highest BCUT2D eigenvalue weighted by Crippen LogP contribution is 2.33. The number of carbonyl (C=O) groups excluding carboxylic acids is 1. The van der Waals surface area contributed by atoms with Crippen molar-refractivity contribution >= 4 is 28.2 Å². The van der Waals surface area contributed by atoms with Gasteiger partial charge in [0.05, 0.1) is 10.3 Å². The van der Waals surface area contributed by atoms with Crippen LogP contribution in [0.15, 0.2) is 30.6 Å². The molecular formula is C16H19N5O3. The molecule has 1 aliphatic rings. The first-order chi connectivity index (χ1) is 11.5. The van der Waals surface area contributed by atoms with Gasteiger partial charge in [0.1, 0.15) is 0 Å². The number of carbonyl (C=O) groups is 1. The number of pyridine rings is 1. The van der Waals surface area contributed by atoms with E-state index in [9.17, 15) is 14.9 Å². The van der Waals surface area contributed by atoms with Gasteiger partial charge < -0.3 is 14.7 Å². The standard InChI is InChI=1S/C16H19N5O3/c1-18(2)16(22)20-9-7-19(8-10-20)14-3-4-15(21(23)24)13-11-17-6-5-12(13)14/h3-6,11H,7-10H2,1-2H3. The fraction of sp³-hybridized carbons (Fsp3) is 0.375. The molecule has 1 aliphatic heterocycles. The van der Waals surface area contributed by atoms with Crippen LogP contribution in [0, 0.1) is 10.1 Å². The minimum Gasteiger partial charge on any atom is -0.367 e. The zero-order chi connectivity index (χ0) is 17.3. The van der Waals surface area contributed by atoms with Crippen LogP contribution in [0.5, 0.6) is 0 Å². The number of amides is 2. The quantitative estimate of drug-likeness (QED) is 0.621. The average Bonchev–Trinajstić information content (AvgIpc) is 2.60. The number of benzene rings is 1. The van der Waals surface area contributed by atoms with Crippen molar-refractivity contribution in [3.63, 3.8) is 0 Å². The first-order valence-electron chi connectivity index (χ1n) is 7.71. The molecule has 1 saturated heterocycles. The zero-order valence-corrected chi connectivity index (χ0v) is 13.7. The smallest absolute Gasteiger partial charge is 0.319 e. The number of aromatic nitrogens is 1. The molecule has 8 nitrogen and oxygen atoms in total. The van der Waals surface area contributed by atoms with Crippen LogP contribution in [0.1, 0.15) is 0 Å². The molecule has 1 fully saturated rings. The minimum atomic E-state index is -0.387. The Bertz CT molecular complexity index is 784. The number of piperazine rings is 1. The maximum absolute atomic E-state index is 12.0. The molecule has 126 valence electrons. The number of non-ortho nitro benzene ring substituents is 1. The molecule has 2 amide bonds. The van der Waals surface area contributed by atoms with Gasteiger partial charge in [0.25, 0.3) is 5.69 Å². The maximum Gasteiger partial charge on any atom is 0.319 e. The topological polar surface area (TPSA) is 82.8 Å². The highest BCUT2D eigenvalue weighted by atomic mass is 16.6. The van der Waals surface area contributed by atoms with Crippen LogP contribution in [0.25, 0.3) is 10.8 Å². The third-order valence-electron chi connectivity index (χ3n) is 4.24. The summed E-state index contributed by atoms with van der Waals surface area (Å²) >= 11 is 0. The van der Waals surface area contributed by atoms with Crippen molar-refractivity contribution in [1.29, 1.82) is 0 Å². The number of anilines is 1. The Labute approximate surface area is 139 Å². The lowest BCUT2D eigenvalue weighted by Crippen LogP contribution is -2.51. The SMILES string of the molecule is CN(C)C(=O)N1CCN(c2ccc([N+](=O)[O-])c3cnccc23)CC1. The summed E-state index contributed by atoms with van der Waals surface area (Å²) in [6.45, 7) is 2.63. The number of fused-ring (bicyclic) bond motifs is 1. The lowest BCUT2D eigenvalue weighted by molar-refractivity contribution is -0.383. The van der Waals surface area contributed by atoms with E-state index in [0.29, 0.717) is 31.6 Å². The summed E-state index contributed by atoms with van der Waals surface area (Å²) in [5.74, 6) is 0. The van der Waals surface area contributed by atoms with Gasteiger partial charge in [-0.2, -0.15) is 0 Å². The summed E-state index contributed by atoms with van der Waals surface area (Å²) in [5, 5.41) is 12.5. The van der Waals surface area contributed by atoms with Crippen LogP contribution < -0.4 is 4.90 Å². The van der Waals surface area contributed by atoms with E-state index in [1.807, 2.05) is 4.90 Å². The molecule has 0 N–H and O–H groups in total. The van der Waals surface area contributed by atoms with Gasteiger partial charge in [-0.05, 0) is 12.1 Å². The number of nitrogens with zero attached hydrogens (tertiary/aromatic N) is 5. The second kappa shape index (κ2) is 6.31. The fourth-order valence-electron chi connectivity index (χ4n) is 3.02. The molecule has 2 aromatic rings.